The fourth-order valence-electron chi connectivity index (χ4n) is 3.38. The number of H-pyrrole nitrogens is 2. The van der Waals surface area contributed by atoms with Crippen molar-refractivity contribution in [2.45, 2.75) is 24.8 Å². The minimum atomic E-state index is -3.97. The molecule has 4 N–H and O–H groups in total. The molecular weight excluding hydrogens is 500 g/mol. The predicted octanol–water partition coefficient (Wildman–Crippen LogP) is 3.04. The smallest absolute Gasteiger partial charge is 0.338 e. The Kier molecular flexibility index (Phi) is 6.94. The van der Waals surface area contributed by atoms with Crippen molar-refractivity contribution in [1.82, 2.24) is 9.97 Å². The molecule has 4 rings (SSSR count). The van der Waals surface area contributed by atoms with Gasteiger partial charge < -0.3 is 20.0 Å². The second-order valence-electron chi connectivity index (χ2n) is 8.14. The number of sulfonamides is 1. The van der Waals surface area contributed by atoms with Crippen molar-refractivity contribution in [3.8, 4) is 0 Å². The van der Waals surface area contributed by atoms with Crippen LogP contribution in [0.4, 0.5) is 11.4 Å². The second kappa shape index (κ2) is 10.1. The van der Waals surface area contributed by atoms with E-state index in [0.717, 1.165) is 0 Å². The first-order valence-corrected chi connectivity index (χ1v) is 12.5. The number of fused-ring (bicyclic) bond motifs is 1. The number of esters is 1. The second-order valence-corrected chi connectivity index (χ2v) is 9.82. The number of aromatic nitrogens is 2. The summed E-state index contributed by atoms with van der Waals surface area (Å²) in [6, 6.07) is 15.9. The van der Waals surface area contributed by atoms with E-state index in [-0.39, 0.29) is 21.9 Å². The van der Waals surface area contributed by atoms with Gasteiger partial charge in [-0.2, -0.15) is 0 Å². The van der Waals surface area contributed by atoms with Crippen molar-refractivity contribution < 1.29 is 27.5 Å². The zero-order chi connectivity index (χ0) is 26.7. The van der Waals surface area contributed by atoms with Crippen molar-refractivity contribution in [3.63, 3.8) is 0 Å². The highest BCUT2D eigenvalue weighted by atomic mass is 32.2. The van der Waals surface area contributed by atoms with Gasteiger partial charge in [-0.05, 0) is 80.6 Å². The largest absolute Gasteiger partial charge is 0.449 e. The number of aromatic amines is 2. The van der Waals surface area contributed by atoms with Crippen LogP contribution in [0.5, 0.6) is 0 Å². The number of rotatable bonds is 8. The molecule has 0 aliphatic heterocycles. The molecule has 0 radical (unpaired) electrons. The third-order valence-electron chi connectivity index (χ3n) is 5.38. The normalized spacial score (nSPS) is 12.1. The number of benzene rings is 3. The van der Waals surface area contributed by atoms with E-state index in [1.165, 1.54) is 56.3 Å². The Labute approximate surface area is 210 Å². The fraction of sp³-hybridized carbons (Fsp3) is 0.120. The van der Waals surface area contributed by atoms with Crippen LogP contribution >= 0.6 is 0 Å². The summed E-state index contributed by atoms with van der Waals surface area (Å²) in [6.45, 7) is 2.85. The number of carbonyl (C=O) groups excluding carboxylic acids is 3. The van der Waals surface area contributed by atoms with Crippen LogP contribution in [0.15, 0.2) is 76.4 Å². The molecule has 1 atom stereocenters. The van der Waals surface area contributed by atoms with E-state index in [1.807, 2.05) is 0 Å². The van der Waals surface area contributed by atoms with Crippen LogP contribution in [-0.2, 0) is 19.6 Å². The number of ether oxygens (including phenoxy) is 1. The van der Waals surface area contributed by atoms with Crippen molar-refractivity contribution in [2.75, 3.05) is 10.0 Å². The molecule has 1 heterocycles. The minimum absolute atomic E-state index is 0.0606. The highest BCUT2D eigenvalue weighted by Crippen LogP contribution is 2.20. The third-order valence-corrected chi connectivity index (χ3v) is 6.76. The van der Waals surface area contributed by atoms with Crippen LogP contribution in [-0.4, -0.2) is 42.1 Å². The molecule has 12 heteroatoms. The number of amides is 1. The molecule has 37 heavy (non-hydrogen) atoms. The standard InChI is InChI=1S/C25H22N4O7S/c1-14(30)16-3-7-18(8-4-16)26-23(31)15(2)36-24(32)17-5-9-19(10-6-17)29-37(34,35)20-11-12-21-22(13-20)28-25(33)27-21/h3-13,15,29H,1-2H3,(H,26,31)(H2,27,28,33)/t15-/m1/s1. The number of ketones is 1. The lowest BCUT2D eigenvalue weighted by Gasteiger charge is -2.14. The number of hydrogen-bond donors (Lipinski definition) is 4. The summed E-state index contributed by atoms with van der Waals surface area (Å²) in [5, 5.41) is 2.60. The Morgan fingerprint density at radius 3 is 2.08 bits per heavy atom. The molecule has 1 aromatic heterocycles. The number of Topliss-reactive ketones (excluding diaryl/α,β-unsaturated/α-hetero) is 1. The molecule has 0 saturated carbocycles. The molecule has 0 aliphatic rings. The van der Waals surface area contributed by atoms with E-state index in [4.69, 9.17) is 4.74 Å². The third kappa shape index (κ3) is 5.93. The SMILES string of the molecule is CC(=O)c1ccc(NC(=O)[C@@H](C)OC(=O)c2ccc(NS(=O)(=O)c3ccc4[nH]c(=O)[nH]c4c3)cc2)cc1. The molecule has 0 unspecified atom stereocenters. The summed E-state index contributed by atoms with van der Waals surface area (Å²) in [6.07, 6.45) is -1.12. The lowest BCUT2D eigenvalue weighted by molar-refractivity contribution is -0.123. The fourth-order valence-corrected chi connectivity index (χ4v) is 4.47. The van der Waals surface area contributed by atoms with Gasteiger partial charge >= 0.3 is 11.7 Å². The van der Waals surface area contributed by atoms with E-state index >= 15 is 0 Å². The highest BCUT2D eigenvalue weighted by Gasteiger charge is 2.20. The molecule has 3 aromatic carbocycles. The first-order valence-electron chi connectivity index (χ1n) is 11.0. The summed E-state index contributed by atoms with van der Waals surface area (Å²) in [7, 11) is -3.97. The maximum absolute atomic E-state index is 12.7. The Hall–Kier alpha value is -4.71. The number of hydrogen-bond acceptors (Lipinski definition) is 7. The molecular formula is C25H22N4O7S. The summed E-state index contributed by atoms with van der Waals surface area (Å²) in [4.78, 5) is 52.6. The first kappa shape index (κ1) is 25.4. The van der Waals surface area contributed by atoms with Crippen molar-refractivity contribution in [3.05, 3.63) is 88.3 Å². The van der Waals surface area contributed by atoms with E-state index in [0.29, 0.717) is 22.3 Å². The van der Waals surface area contributed by atoms with Gasteiger partial charge in [0.05, 0.1) is 21.5 Å². The van der Waals surface area contributed by atoms with Gasteiger partial charge in [-0.25, -0.2) is 18.0 Å². The summed E-state index contributed by atoms with van der Waals surface area (Å²) in [5.74, 6) is -1.44. The number of nitrogens with one attached hydrogen (secondary N) is 4. The molecule has 0 bridgehead atoms. The first-order chi connectivity index (χ1) is 17.5. The summed E-state index contributed by atoms with van der Waals surface area (Å²) >= 11 is 0. The molecule has 0 saturated heterocycles. The Bertz CT molecular complexity index is 1650. The maximum Gasteiger partial charge on any atom is 0.338 e. The van der Waals surface area contributed by atoms with Gasteiger partial charge in [0.2, 0.25) is 0 Å². The Morgan fingerprint density at radius 2 is 1.43 bits per heavy atom. The van der Waals surface area contributed by atoms with Crippen LogP contribution in [0.1, 0.15) is 34.6 Å². The Balaban J connectivity index is 1.37. The topological polar surface area (TPSA) is 167 Å². The van der Waals surface area contributed by atoms with E-state index in [2.05, 4.69) is 20.0 Å². The lowest BCUT2D eigenvalue weighted by atomic mass is 10.1. The predicted molar refractivity (Wildman–Crippen MR) is 136 cm³/mol. The highest BCUT2D eigenvalue weighted by molar-refractivity contribution is 7.92. The van der Waals surface area contributed by atoms with Crippen molar-refractivity contribution >= 4 is 50.1 Å². The van der Waals surface area contributed by atoms with Gasteiger partial charge in [0.1, 0.15) is 0 Å². The van der Waals surface area contributed by atoms with E-state index in [1.54, 1.807) is 24.3 Å². The van der Waals surface area contributed by atoms with Gasteiger partial charge in [0, 0.05) is 16.9 Å². The quantitative estimate of drug-likeness (QED) is 0.204. The van der Waals surface area contributed by atoms with Gasteiger partial charge in [-0.3, -0.25) is 14.3 Å². The molecule has 190 valence electrons. The monoisotopic (exact) mass is 522 g/mol. The summed E-state index contributed by atoms with van der Waals surface area (Å²) in [5.41, 5.74) is 1.62. The van der Waals surface area contributed by atoms with Gasteiger partial charge in [-0.1, -0.05) is 0 Å². The minimum Gasteiger partial charge on any atom is -0.449 e. The lowest BCUT2D eigenvalue weighted by Crippen LogP contribution is -2.30. The summed E-state index contributed by atoms with van der Waals surface area (Å²) < 4.78 is 33.1. The molecule has 0 fully saturated rings. The van der Waals surface area contributed by atoms with Gasteiger partial charge in [0.15, 0.2) is 11.9 Å². The van der Waals surface area contributed by atoms with Crippen LogP contribution in [0, 0.1) is 0 Å². The Morgan fingerprint density at radius 1 is 0.838 bits per heavy atom. The molecule has 1 amide bonds. The van der Waals surface area contributed by atoms with Gasteiger partial charge in [0.25, 0.3) is 15.9 Å². The van der Waals surface area contributed by atoms with E-state index < -0.39 is 33.7 Å². The number of carbonyl (C=O) groups is 3. The molecule has 4 aromatic rings. The zero-order valence-electron chi connectivity index (χ0n) is 19.7. The van der Waals surface area contributed by atoms with Crippen LogP contribution in [0.3, 0.4) is 0 Å². The van der Waals surface area contributed by atoms with Crippen LogP contribution in [0.2, 0.25) is 0 Å². The number of imidazole rings is 1. The molecule has 0 spiro atoms. The average molecular weight is 523 g/mol. The maximum atomic E-state index is 12.7. The van der Waals surface area contributed by atoms with Crippen molar-refractivity contribution in [2.24, 2.45) is 0 Å². The van der Waals surface area contributed by atoms with Crippen LogP contribution < -0.4 is 15.7 Å². The van der Waals surface area contributed by atoms with E-state index in [9.17, 15) is 27.6 Å². The van der Waals surface area contributed by atoms with Gasteiger partial charge in [-0.15, -0.1) is 0 Å². The zero-order valence-corrected chi connectivity index (χ0v) is 20.5. The average Bonchev–Trinajstić information content (AvgIpc) is 3.23. The molecule has 11 nitrogen and oxygen atoms in total. The number of anilines is 2. The van der Waals surface area contributed by atoms with Crippen LogP contribution in [0.25, 0.3) is 11.0 Å². The molecule has 0 aliphatic carbocycles. The van der Waals surface area contributed by atoms with Crippen molar-refractivity contribution in [1.29, 1.82) is 0 Å².